The minimum Gasteiger partial charge on any atom is -0.493 e. The summed E-state index contributed by atoms with van der Waals surface area (Å²) in [6, 6.07) is 11.7. The topological polar surface area (TPSA) is 42.0 Å². The normalized spacial score (nSPS) is 15.4. The fraction of sp³-hybridized carbons (Fsp3) is 0.238. The van der Waals surface area contributed by atoms with E-state index < -0.39 is 0 Å². The number of carbonyl (C=O) groups excluding carboxylic acids is 1. The lowest BCUT2D eigenvalue weighted by molar-refractivity contribution is -0.122. The van der Waals surface area contributed by atoms with Crippen molar-refractivity contribution in [1.29, 1.82) is 0 Å². The molecule has 2 aromatic carbocycles. The number of ether oxygens (including phenoxy) is 2. The highest BCUT2D eigenvalue weighted by Crippen LogP contribution is 2.38. The largest absolute Gasteiger partial charge is 0.493 e. The third-order valence-corrected chi connectivity index (χ3v) is 6.12. The summed E-state index contributed by atoms with van der Waals surface area (Å²) < 4.78 is 13.3. The maximum absolute atomic E-state index is 12.6. The Hall–Kier alpha value is -1.90. The average Bonchev–Trinajstić information content (AvgIpc) is 2.91. The van der Waals surface area contributed by atoms with Crippen molar-refractivity contribution < 1.29 is 14.3 Å². The molecule has 5 nitrogen and oxygen atoms in total. The minimum absolute atomic E-state index is 0.106. The number of benzene rings is 2. The van der Waals surface area contributed by atoms with Crippen LogP contribution in [0.25, 0.3) is 6.08 Å². The second-order valence-corrected chi connectivity index (χ2v) is 8.50. The molecule has 1 heterocycles. The predicted molar refractivity (Wildman–Crippen MR) is 125 cm³/mol. The molecule has 8 heteroatoms. The second-order valence-electron chi connectivity index (χ2n) is 6.37. The lowest BCUT2D eigenvalue weighted by atomic mass is 10.1. The van der Waals surface area contributed by atoms with Crippen LogP contribution < -0.4 is 9.47 Å². The van der Waals surface area contributed by atoms with Gasteiger partial charge < -0.3 is 14.4 Å². The van der Waals surface area contributed by atoms with Crippen LogP contribution in [0, 0.1) is 0 Å². The van der Waals surface area contributed by atoms with E-state index in [1.54, 1.807) is 30.0 Å². The molecule has 1 saturated heterocycles. The SMILES string of the molecule is CCN1C(=O)/C(=C/c2cc(Br)c(OCc3ccc(Br)cc3)c(OC)c2)N(C)C1=S. The predicted octanol–water partition coefficient (Wildman–Crippen LogP) is 5.22. The van der Waals surface area contributed by atoms with Crippen molar-refractivity contribution in [2.24, 2.45) is 0 Å². The summed E-state index contributed by atoms with van der Waals surface area (Å²) in [5.41, 5.74) is 2.37. The number of hydrogen-bond acceptors (Lipinski definition) is 4. The Bertz CT molecular complexity index is 977. The van der Waals surface area contributed by atoms with E-state index >= 15 is 0 Å². The Morgan fingerprint density at radius 3 is 2.45 bits per heavy atom. The van der Waals surface area contributed by atoms with Crippen LogP contribution >= 0.6 is 44.1 Å². The van der Waals surface area contributed by atoms with Gasteiger partial charge in [0.25, 0.3) is 5.91 Å². The van der Waals surface area contributed by atoms with Crippen molar-refractivity contribution >= 4 is 61.2 Å². The van der Waals surface area contributed by atoms with Crippen molar-refractivity contribution in [2.45, 2.75) is 13.5 Å². The maximum atomic E-state index is 12.6. The zero-order valence-electron chi connectivity index (χ0n) is 16.2. The van der Waals surface area contributed by atoms with E-state index in [0.29, 0.717) is 35.5 Å². The van der Waals surface area contributed by atoms with E-state index in [2.05, 4.69) is 31.9 Å². The number of methoxy groups -OCH3 is 1. The van der Waals surface area contributed by atoms with Crippen LogP contribution in [0.15, 0.2) is 51.0 Å². The molecular formula is C21H20Br2N2O3S. The van der Waals surface area contributed by atoms with Crippen LogP contribution in [-0.2, 0) is 11.4 Å². The minimum atomic E-state index is -0.106. The number of hydrogen-bond donors (Lipinski definition) is 0. The summed E-state index contributed by atoms with van der Waals surface area (Å²) in [6.45, 7) is 2.84. The third kappa shape index (κ3) is 4.65. The van der Waals surface area contributed by atoms with Crippen LogP contribution in [0.3, 0.4) is 0 Å². The number of carbonyl (C=O) groups is 1. The van der Waals surface area contributed by atoms with Gasteiger partial charge in [-0.25, -0.2) is 0 Å². The van der Waals surface area contributed by atoms with E-state index in [0.717, 1.165) is 20.1 Å². The first-order valence-corrected chi connectivity index (χ1v) is 10.9. The van der Waals surface area contributed by atoms with Gasteiger partial charge in [-0.15, -0.1) is 0 Å². The Balaban J connectivity index is 1.87. The number of halogens is 2. The molecule has 1 fully saturated rings. The quantitative estimate of drug-likeness (QED) is 0.372. The fourth-order valence-corrected chi connectivity index (χ4v) is 4.10. The fourth-order valence-electron chi connectivity index (χ4n) is 2.95. The molecule has 0 radical (unpaired) electrons. The van der Waals surface area contributed by atoms with Gasteiger partial charge >= 0.3 is 0 Å². The van der Waals surface area contributed by atoms with Crippen LogP contribution in [-0.4, -0.2) is 41.5 Å². The van der Waals surface area contributed by atoms with E-state index in [9.17, 15) is 4.79 Å². The first-order valence-electron chi connectivity index (χ1n) is 8.91. The highest BCUT2D eigenvalue weighted by atomic mass is 79.9. The van der Waals surface area contributed by atoms with E-state index in [1.165, 1.54) is 0 Å². The summed E-state index contributed by atoms with van der Waals surface area (Å²) in [6.07, 6.45) is 1.80. The number of thiocarbonyl (C=S) groups is 1. The molecule has 0 aromatic heterocycles. The van der Waals surface area contributed by atoms with E-state index in [4.69, 9.17) is 21.7 Å². The molecule has 152 valence electrons. The summed E-state index contributed by atoms with van der Waals surface area (Å²) >= 11 is 12.3. The lowest BCUT2D eigenvalue weighted by Gasteiger charge is -2.15. The summed E-state index contributed by atoms with van der Waals surface area (Å²) in [5.74, 6) is 1.08. The molecule has 0 aliphatic carbocycles. The Morgan fingerprint density at radius 2 is 1.86 bits per heavy atom. The molecule has 0 saturated carbocycles. The van der Waals surface area contributed by atoms with Crippen LogP contribution in [0.2, 0.25) is 0 Å². The van der Waals surface area contributed by atoms with Crippen molar-refractivity contribution in [3.05, 3.63) is 62.2 Å². The van der Waals surface area contributed by atoms with Gasteiger partial charge in [0.1, 0.15) is 12.3 Å². The number of likely N-dealkylation sites (N-methyl/N-ethyl adjacent to an activating group) is 2. The molecule has 29 heavy (non-hydrogen) atoms. The summed E-state index contributed by atoms with van der Waals surface area (Å²) in [4.78, 5) is 15.9. The van der Waals surface area contributed by atoms with Crippen LogP contribution in [0.1, 0.15) is 18.1 Å². The average molecular weight is 540 g/mol. The first-order chi connectivity index (χ1) is 13.8. The van der Waals surface area contributed by atoms with Gasteiger partial charge in [-0.05, 0) is 76.5 Å². The third-order valence-electron chi connectivity index (χ3n) is 4.51. The zero-order chi connectivity index (χ0) is 21.1. The van der Waals surface area contributed by atoms with Crippen LogP contribution in [0.4, 0.5) is 0 Å². The molecule has 3 rings (SSSR count). The monoisotopic (exact) mass is 538 g/mol. The standard InChI is InChI=1S/C21H20Br2N2O3S/c1-4-25-20(26)17(24(2)21(25)29)10-14-9-16(23)19(18(11-14)27-3)28-12-13-5-7-15(22)8-6-13/h5-11H,4,12H2,1-3H3/b17-10-. The van der Waals surface area contributed by atoms with Gasteiger partial charge in [0, 0.05) is 18.1 Å². The van der Waals surface area contributed by atoms with Crippen molar-refractivity contribution in [2.75, 3.05) is 20.7 Å². The maximum Gasteiger partial charge on any atom is 0.276 e. The van der Waals surface area contributed by atoms with Crippen molar-refractivity contribution in [3.63, 3.8) is 0 Å². The molecule has 1 aliphatic rings. The summed E-state index contributed by atoms with van der Waals surface area (Å²) in [5, 5.41) is 0.504. The Morgan fingerprint density at radius 1 is 1.17 bits per heavy atom. The molecule has 0 N–H and O–H groups in total. The van der Waals surface area contributed by atoms with Gasteiger partial charge in [-0.2, -0.15) is 0 Å². The number of rotatable bonds is 6. The molecule has 0 bridgehead atoms. The first kappa shape index (κ1) is 21.8. The van der Waals surface area contributed by atoms with Gasteiger partial charge in [0.2, 0.25) is 0 Å². The van der Waals surface area contributed by atoms with Gasteiger partial charge in [-0.3, -0.25) is 9.69 Å². The van der Waals surface area contributed by atoms with Crippen LogP contribution in [0.5, 0.6) is 11.5 Å². The highest BCUT2D eigenvalue weighted by Gasteiger charge is 2.34. The van der Waals surface area contributed by atoms with Gasteiger partial charge in [-0.1, -0.05) is 28.1 Å². The highest BCUT2D eigenvalue weighted by molar-refractivity contribution is 9.10. The molecule has 1 aliphatic heterocycles. The van der Waals surface area contributed by atoms with Gasteiger partial charge in [0.05, 0.1) is 11.6 Å². The Labute approximate surface area is 192 Å². The molecule has 0 unspecified atom stereocenters. The van der Waals surface area contributed by atoms with Gasteiger partial charge in [0.15, 0.2) is 16.6 Å². The molecule has 1 amide bonds. The molecule has 0 spiro atoms. The van der Waals surface area contributed by atoms with E-state index in [-0.39, 0.29) is 5.91 Å². The lowest BCUT2D eigenvalue weighted by Crippen LogP contribution is -2.30. The molecule has 0 atom stereocenters. The Kier molecular flexibility index (Phi) is 6.97. The summed E-state index contributed by atoms with van der Waals surface area (Å²) in [7, 11) is 3.38. The smallest absolute Gasteiger partial charge is 0.276 e. The van der Waals surface area contributed by atoms with E-state index in [1.807, 2.05) is 43.3 Å². The second kappa shape index (κ2) is 9.28. The molecule has 2 aromatic rings. The zero-order valence-corrected chi connectivity index (χ0v) is 20.2. The van der Waals surface area contributed by atoms with Crippen molar-refractivity contribution in [3.8, 4) is 11.5 Å². The number of nitrogens with zero attached hydrogens (tertiary/aromatic N) is 2. The number of amides is 1. The molecular weight excluding hydrogens is 520 g/mol. The van der Waals surface area contributed by atoms with Crippen molar-refractivity contribution in [1.82, 2.24) is 9.80 Å².